The van der Waals surface area contributed by atoms with Crippen LogP contribution < -0.4 is 10.1 Å². The predicted octanol–water partition coefficient (Wildman–Crippen LogP) is 5.73. The highest BCUT2D eigenvalue weighted by atomic mass is 16.5. The molecule has 0 unspecified atom stereocenters. The SMILES string of the molecule is CCN(CCCNC(=O)C1(Cc2cccc(-c3cccc(OC)c3)c2)CCOCC1)Cc1ccccc1. The van der Waals surface area contributed by atoms with E-state index in [-0.39, 0.29) is 5.91 Å². The van der Waals surface area contributed by atoms with Gasteiger partial charge in [0.25, 0.3) is 0 Å². The van der Waals surface area contributed by atoms with Crippen molar-refractivity contribution >= 4 is 5.91 Å². The molecule has 0 bridgehead atoms. The van der Waals surface area contributed by atoms with Crippen LogP contribution in [0.4, 0.5) is 0 Å². The first-order chi connectivity index (χ1) is 18.1. The first-order valence-corrected chi connectivity index (χ1v) is 13.5. The first-order valence-electron chi connectivity index (χ1n) is 13.5. The Balaban J connectivity index is 1.37. The van der Waals surface area contributed by atoms with Gasteiger partial charge in [-0.2, -0.15) is 0 Å². The van der Waals surface area contributed by atoms with Crippen LogP contribution in [-0.4, -0.2) is 50.8 Å². The number of carbonyl (C=O) groups is 1. The molecule has 5 nitrogen and oxygen atoms in total. The van der Waals surface area contributed by atoms with Gasteiger partial charge in [0.05, 0.1) is 12.5 Å². The summed E-state index contributed by atoms with van der Waals surface area (Å²) in [7, 11) is 1.69. The summed E-state index contributed by atoms with van der Waals surface area (Å²) < 4.78 is 11.1. The lowest BCUT2D eigenvalue weighted by atomic mass is 9.74. The van der Waals surface area contributed by atoms with E-state index in [2.05, 4.69) is 77.8 Å². The van der Waals surface area contributed by atoms with E-state index in [4.69, 9.17) is 9.47 Å². The summed E-state index contributed by atoms with van der Waals surface area (Å²) in [6.45, 7) is 7.04. The fraction of sp³-hybridized carbons (Fsp3) is 0.406. The molecule has 3 aromatic carbocycles. The monoisotopic (exact) mass is 500 g/mol. The minimum absolute atomic E-state index is 0.161. The first kappa shape index (κ1) is 26.9. The third-order valence-electron chi connectivity index (χ3n) is 7.44. The molecule has 5 heteroatoms. The molecule has 37 heavy (non-hydrogen) atoms. The summed E-state index contributed by atoms with van der Waals surface area (Å²) >= 11 is 0. The second kappa shape index (κ2) is 13.4. The van der Waals surface area contributed by atoms with Gasteiger partial charge in [0.15, 0.2) is 0 Å². The van der Waals surface area contributed by atoms with Crippen LogP contribution in [0.2, 0.25) is 0 Å². The summed E-state index contributed by atoms with van der Waals surface area (Å²) in [6.07, 6.45) is 3.15. The molecule has 0 spiro atoms. The van der Waals surface area contributed by atoms with E-state index < -0.39 is 5.41 Å². The molecule has 0 aromatic heterocycles. The van der Waals surface area contributed by atoms with Crippen LogP contribution in [0.25, 0.3) is 11.1 Å². The van der Waals surface area contributed by atoms with Crippen LogP contribution in [0.3, 0.4) is 0 Å². The zero-order valence-electron chi connectivity index (χ0n) is 22.2. The predicted molar refractivity (Wildman–Crippen MR) is 150 cm³/mol. The Morgan fingerprint density at radius 2 is 1.65 bits per heavy atom. The Kier molecular flexibility index (Phi) is 9.75. The van der Waals surface area contributed by atoms with Crippen molar-refractivity contribution in [1.82, 2.24) is 10.2 Å². The topological polar surface area (TPSA) is 50.8 Å². The van der Waals surface area contributed by atoms with Gasteiger partial charge in [0.1, 0.15) is 5.75 Å². The lowest BCUT2D eigenvalue weighted by Gasteiger charge is -2.36. The molecule has 1 heterocycles. The van der Waals surface area contributed by atoms with Crippen molar-refractivity contribution in [2.24, 2.45) is 5.41 Å². The van der Waals surface area contributed by atoms with Crippen LogP contribution in [0.15, 0.2) is 78.9 Å². The van der Waals surface area contributed by atoms with Gasteiger partial charge >= 0.3 is 0 Å². The number of rotatable bonds is 12. The summed E-state index contributed by atoms with van der Waals surface area (Å²) in [5.41, 5.74) is 4.32. The molecule has 0 radical (unpaired) electrons. The quantitative estimate of drug-likeness (QED) is 0.323. The smallest absolute Gasteiger partial charge is 0.226 e. The summed E-state index contributed by atoms with van der Waals surface area (Å²) in [6, 6.07) is 27.2. The highest BCUT2D eigenvalue weighted by molar-refractivity contribution is 5.83. The zero-order chi connectivity index (χ0) is 25.9. The van der Waals surface area contributed by atoms with Crippen LogP contribution >= 0.6 is 0 Å². The molecule has 0 atom stereocenters. The van der Waals surface area contributed by atoms with Gasteiger partial charge in [-0.05, 0) is 66.6 Å². The highest BCUT2D eigenvalue weighted by Crippen LogP contribution is 2.36. The molecular weight excluding hydrogens is 460 g/mol. The van der Waals surface area contributed by atoms with Crippen LogP contribution in [0.5, 0.6) is 5.75 Å². The standard InChI is InChI=1S/C32H40N2O3/c1-3-34(25-26-10-5-4-6-11-26)19-9-18-33-31(35)32(16-20-37-21-17-32)24-27-12-7-13-28(22-27)29-14-8-15-30(23-29)36-2/h4-8,10-15,22-23H,3,9,16-21,24-25H2,1-2H3,(H,33,35). The molecule has 1 aliphatic heterocycles. The number of hydrogen-bond donors (Lipinski definition) is 1. The Morgan fingerprint density at radius 1 is 0.946 bits per heavy atom. The molecule has 0 aliphatic carbocycles. The van der Waals surface area contributed by atoms with Crippen molar-refractivity contribution < 1.29 is 14.3 Å². The van der Waals surface area contributed by atoms with E-state index in [0.717, 1.165) is 62.2 Å². The average Bonchev–Trinajstić information content (AvgIpc) is 2.95. The number of hydrogen-bond acceptors (Lipinski definition) is 4. The van der Waals surface area contributed by atoms with Gasteiger partial charge in [-0.15, -0.1) is 0 Å². The van der Waals surface area contributed by atoms with Gasteiger partial charge in [0, 0.05) is 32.8 Å². The van der Waals surface area contributed by atoms with Gasteiger partial charge in [-0.25, -0.2) is 0 Å². The Morgan fingerprint density at radius 3 is 2.38 bits per heavy atom. The highest BCUT2D eigenvalue weighted by Gasteiger charge is 2.40. The lowest BCUT2D eigenvalue weighted by Crippen LogP contribution is -2.46. The largest absolute Gasteiger partial charge is 0.497 e. The van der Waals surface area contributed by atoms with Crippen LogP contribution in [0.1, 0.15) is 37.3 Å². The van der Waals surface area contributed by atoms with Crippen molar-refractivity contribution in [2.75, 3.05) is 40.0 Å². The van der Waals surface area contributed by atoms with E-state index in [1.165, 1.54) is 11.1 Å². The van der Waals surface area contributed by atoms with Crippen LogP contribution in [0, 0.1) is 5.41 Å². The van der Waals surface area contributed by atoms with Crippen LogP contribution in [-0.2, 0) is 22.5 Å². The Labute approximate surface area is 221 Å². The molecule has 3 aromatic rings. The molecule has 196 valence electrons. The number of methoxy groups -OCH3 is 1. The van der Waals surface area contributed by atoms with Crippen molar-refractivity contribution in [3.05, 3.63) is 90.0 Å². The molecular formula is C32H40N2O3. The zero-order valence-corrected chi connectivity index (χ0v) is 22.2. The van der Waals surface area contributed by atoms with Crippen molar-refractivity contribution in [3.63, 3.8) is 0 Å². The van der Waals surface area contributed by atoms with Gasteiger partial charge in [-0.3, -0.25) is 9.69 Å². The normalized spacial score (nSPS) is 14.9. The fourth-order valence-corrected chi connectivity index (χ4v) is 5.18. The fourth-order valence-electron chi connectivity index (χ4n) is 5.18. The lowest BCUT2D eigenvalue weighted by molar-refractivity contribution is -0.136. The maximum Gasteiger partial charge on any atom is 0.226 e. The maximum atomic E-state index is 13.6. The van der Waals surface area contributed by atoms with E-state index in [9.17, 15) is 4.79 Å². The second-order valence-corrected chi connectivity index (χ2v) is 9.97. The molecule has 4 rings (SSSR count). The van der Waals surface area contributed by atoms with E-state index in [1.54, 1.807) is 7.11 Å². The third-order valence-corrected chi connectivity index (χ3v) is 7.44. The molecule has 1 aliphatic rings. The number of benzene rings is 3. The number of nitrogens with one attached hydrogen (secondary N) is 1. The van der Waals surface area contributed by atoms with E-state index >= 15 is 0 Å². The third kappa shape index (κ3) is 7.43. The summed E-state index contributed by atoms with van der Waals surface area (Å²) in [5, 5.41) is 3.28. The molecule has 1 saturated heterocycles. The minimum Gasteiger partial charge on any atom is -0.497 e. The molecule has 0 saturated carbocycles. The van der Waals surface area contributed by atoms with Gasteiger partial charge < -0.3 is 14.8 Å². The molecule has 1 fully saturated rings. The van der Waals surface area contributed by atoms with Crippen molar-refractivity contribution in [3.8, 4) is 16.9 Å². The minimum atomic E-state index is -0.431. The van der Waals surface area contributed by atoms with Gasteiger partial charge in [-0.1, -0.05) is 73.7 Å². The number of amides is 1. The Hall–Kier alpha value is -3.15. The van der Waals surface area contributed by atoms with Crippen molar-refractivity contribution in [2.45, 2.75) is 39.2 Å². The molecule has 1 N–H and O–H groups in total. The summed E-state index contributed by atoms with van der Waals surface area (Å²) in [4.78, 5) is 16.0. The van der Waals surface area contributed by atoms with E-state index in [1.807, 2.05) is 18.2 Å². The maximum absolute atomic E-state index is 13.6. The van der Waals surface area contributed by atoms with Crippen molar-refractivity contribution in [1.29, 1.82) is 0 Å². The second-order valence-electron chi connectivity index (χ2n) is 9.97. The molecule has 1 amide bonds. The van der Waals surface area contributed by atoms with Gasteiger partial charge in [0.2, 0.25) is 5.91 Å². The number of ether oxygens (including phenoxy) is 2. The number of carbonyl (C=O) groups excluding carboxylic acids is 1. The van der Waals surface area contributed by atoms with E-state index in [0.29, 0.717) is 19.8 Å². The average molecular weight is 501 g/mol. The Bertz CT molecular complexity index is 1130. The number of nitrogens with zero attached hydrogens (tertiary/aromatic N) is 1. The summed E-state index contributed by atoms with van der Waals surface area (Å²) in [5.74, 6) is 1.00.